The maximum Gasteiger partial charge on any atom is 0.243 e. The SMILES string of the molecule is O=C(CNc1cccc(S(=O)(=O)N2CCOCC2)c1)Nc1ccc(OCc2ccccc2)cc1. The molecule has 9 heteroatoms. The fourth-order valence-electron chi connectivity index (χ4n) is 3.47. The molecule has 0 aromatic heterocycles. The molecule has 1 aliphatic rings. The van der Waals surface area contributed by atoms with Crippen LogP contribution < -0.4 is 15.4 Å². The highest BCUT2D eigenvalue weighted by atomic mass is 32.2. The molecule has 2 N–H and O–H groups in total. The van der Waals surface area contributed by atoms with Gasteiger partial charge in [-0.1, -0.05) is 36.4 Å². The van der Waals surface area contributed by atoms with Crippen LogP contribution in [-0.4, -0.2) is 51.5 Å². The minimum atomic E-state index is -3.60. The summed E-state index contributed by atoms with van der Waals surface area (Å²) in [4.78, 5) is 12.6. The highest BCUT2D eigenvalue weighted by Crippen LogP contribution is 2.21. The van der Waals surface area contributed by atoms with Crippen molar-refractivity contribution in [2.45, 2.75) is 11.5 Å². The number of carbonyl (C=O) groups is 1. The Labute approximate surface area is 199 Å². The number of sulfonamides is 1. The number of benzene rings is 3. The van der Waals surface area contributed by atoms with Crippen molar-refractivity contribution in [2.75, 3.05) is 43.5 Å². The van der Waals surface area contributed by atoms with Gasteiger partial charge in [0.2, 0.25) is 15.9 Å². The third kappa shape index (κ3) is 6.34. The summed E-state index contributed by atoms with van der Waals surface area (Å²) in [5, 5.41) is 5.80. The Hall–Kier alpha value is -3.40. The third-order valence-electron chi connectivity index (χ3n) is 5.28. The molecule has 0 atom stereocenters. The van der Waals surface area contributed by atoms with Crippen LogP contribution in [0, 0.1) is 0 Å². The molecule has 4 rings (SSSR count). The topological polar surface area (TPSA) is 97.0 Å². The predicted octanol–water partition coefficient (Wildman–Crippen LogP) is 3.34. The molecule has 1 amide bonds. The van der Waals surface area contributed by atoms with Crippen molar-refractivity contribution in [2.24, 2.45) is 0 Å². The number of amides is 1. The molecule has 0 saturated carbocycles. The van der Waals surface area contributed by atoms with Crippen LogP contribution in [0.4, 0.5) is 11.4 Å². The second-order valence-electron chi connectivity index (χ2n) is 7.74. The molecule has 0 bridgehead atoms. The Morgan fingerprint density at radius 3 is 2.38 bits per heavy atom. The first kappa shape index (κ1) is 23.7. The fraction of sp³-hybridized carbons (Fsp3) is 0.240. The summed E-state index contributed by atoms with van der Waals surface area (Å²) in [6, 6.07) is 23.5. The van der Waals surface area contributed by atoms with Gasteiger partial charge in [-0.25, -0.2) is 8.42 Å². The molecular formula is C25H27N3O5S. The Morgan fingerprint density at radius 2 is 1.65 bits per heavy atom. The van der Waals surface area contributed by atoms with Crippen LogP contribution in [0.15, 0.2) is 83.8 Å². The second-order valence-corrected chi connectivity index (χ2v) is 9.68. The summed E-state index contributed by atoms with van der Waals surface area (Å²) in [5.41, 5.74) is 2.27. The monoisotopic (exact) mass is 481 g/mol. The maximum absolute atomic E-state index is 12.8. The lowest BCUT2D eigenvalue weighted by molar-refractivity contribution is -0.114. The van der Waals surface area contributed by atoms with Crippen LogP contribution in [0.3, 0.4) is 0 Å². The fourth-order valence-corrected chi connectivity index (χ4v) is 4.92. The minimum absolute atomic E-state index is 0.00663. The number of hydrogen-bond donors (Lipinski definition) is 2. The van der Waals surface area contributed by atoms with Crippen molar-refractivity contribution >= 4 is 27.3 Å². The van der Waals surface area contributed by atoms with Gasteiger partial charge in [0, 0.05) is 24.5 Å². The predicted molar refractivity (Wildman–Crippen MR) is 130 cm³/mol. The van der Waals surface area contributed by atoms with E-state index in [-0.39, 0.29) is 17.3 Å². The zero-order chi connectivity index (χ0) is 23.8. The van der Waals surface area contributed by atoms with Crippen LogP contribution in [0.1, 0.15) is 5.56 Å². The van der Waals surface area contributed by atoms with Gasteiger partial charge in [-0.2, -0.15) is 4.31 Å². The van der Waals surface area contributed by atoms with Gasteiger partial charge in [0.25, 0.3) is 0 Å². The number of nitrogens with one attached hydrogen (secondary N) is 2. The molecule has 3 aromatic rings. The molecule has 1 aliphatic heterocycles. The van der Waals surface area contributed by atoms with E-state index in [2.05, 4.69) is 10.6 Å². The van der Waals surface area contributed by atoms with Gasteiger partial charge in [0.15, 0.2) is 0 Å². The van der Waals surface area contributed by atoms with Crippen LogP contribution in [0.25, 0.3) is 0 Å². The molecule has 0 radical (unpaired) electrons. The first-order valence-corrected chi connectivity index (χ1v) is 12.4. The Bertz CT molecular complexity index is 1190. The molecular weight excluding hydrogens is 454 g/mol. The summed E-state index contributed by atoms with van der Waals surface area (Å²) >= 11 is 0. The summed E-state index contributed by atoms with van der Waals surface area (Å²) in [6.07, 6.45) is 0. The Morgan fingerprint density at radius 1 is 0.912 bits per heavy atom. The molecule has 1 fully saturated rings. The standard InChI is InChI=1S/C25H27N3O5S/c29-25(27-21-9-11-23(12-10-21)33-19-20-5-2-1-3-6-20)18-26-22-7-4-8-24(17-22)34(30,31)28-13-15-32-16-14-28/h1-12,17,26H,13-16,18-19H2,(H,27,29). The van der Waals surface area contributed by atoms with Gasteiger partial charge < -0.3 is 20.1 Å². The molecule has 0 unspecified atom stereocenters. The number of hydrogen-bond acceptors (Lipinski definition) is 6. The van der Waals surface area contributed by atoms with Crippen molar-refractivity contribution in [1.29, 1.82) is 0 Å². The van der Waals surface area contributed by atoms with Gasteiger partial charge in [0.05, 0.1) is 24.7 Å². The van der Waals surface area contributed by atoms with Crippen molar-refractivity contribution in [3.8, 4) is 5.75 Å². The summed E-state index contributed by atoms with van der Waals surface area (Å²) < 4.78 is 38.1. The Kier molecular flexibility index (Phi) is 7.79. The van der Waals surface area contributed by atoms with Gasteiger partial charge in [0.1, 0.15) is 12.4 Å². The molecule has 34 heavy (non-hydrogen) atoms. The van der Waals surface area contributed by atoms with E-state index in [0.29, 0.717) is 50.0 Å². The second kappa shape index (κ2) is 11.1. The molecule has 8 nitrogen and oxygen atoms in total. The lowest BCUT2D eigenvalue weighted by Crippen LogP contribution is -2.40. The zero-order valence-corrected chi connectivity index (χ0v) is 19.5. The van der Waals surface area contributed by atoms with E-state index in [9.17, 15) is 13.2 Å². The van der Waals surface area contributed by atoms with Crippen molar-refractivity contribution in [3.63, 3.8) is 0 Å². The van der Waals surface area contributed by atoms with Crippen LogP contribution in [0.5, 0.6) is 5.75 Å². The van der Waals surface area contributed by atoms with Gasteiger partial charge >= 0.3 is 0 Å². The molecule has 1 saturated heterocycles. The average Bonchev–Trinajstić information content (AvgIpc) is 2.88. The number of rotatable bonds is 9. The van der Waals surface area contributed by atoms with E-state index in [1.54, 1.807) is 42.5 Å². The number of ether oxygens (including phenoxy) is 2. The molecule has 1 heterocycles. The smallest absolute Gasteiger partial charge is 0.243 e. The van der Waals surface area contributed by atoms with Gasteiger partial charge in [-0.05, 0) is 48.0 Å². The average molecular weight is 482 g/mol. The van der Waals surface area contributed by atoms with Crippen LogP contribution >= 0.6 is 0 Å². The molecule has 178 valence electrons. The van der Waals surface area contributed by atoms with E-state index >= 15 is 0 Å². The lowest BCUT2D eigenvalue weighted by atomic mass is 10.2. The van der Waals surface area contributed by atoms with E-state index in [4.69, 9.17) is 9.47 Å². The van der Waals surface area contributed by atoms with E-state index in [1.165, 1.54) is 10.4 Å². The number of carbonyl (C=O) groups excluding carboxylic acids is 1. The maximum atomic E-state index is 12.8. The summed E-state index contributed by atoms with van der Waals surface area (Å²) in [5.74, 6) is 0.456. The third-order valence-corrected chi connectivity index (χ3v) is 7.18. The van der Waals surface area contributed by atoms with E-state index in [0.717, 1.165) is 5.56 Å². The first-order valence-electron chi connectivity index (χ1n) is 11.0. The van der Waals surface area contributed by atoms with Gasteiger partial charge in [-0.3, -0.25) is 4.79 Å². The zero-order valence-electron chi connectivity index (χ0n) is 18.6. The number of anilines is 2. The van der Waals surface area contributed by atoms with Crippen molar-refractivity contribution in [1.82, 2.24) is 4.31 Å². The quantitative estimate of drug-likeness (QED) is 0.487. The number of nitrogens with zero attached hydrogens (tertiary/aromatic N) is 1. The largest absolute Gasteiger partial charge is 0.489 e. The van der Waals surface area contributed by atoms with E-state index in [1.807, 2.05) is 30.3 Å². The highest BCUT2D eigenvalue weighted by Gasteiger charge is 2.26. The van der Waals surface area contributed by atoms with Crippen LogP contribution in [0.2, 0.25) is 0 Å². The van der Waals surface area contributed by atoms with Crippen molar-refractivity contribution in [3.05, 3.63) is 84.4 Å². The van der Waals surface area contributed by atoms with Crippen molar-refractivity contribution < 1.29 is 22.7 Å². The molecule has 0 aliphatic carbocycles. The minimum Gasteiger partial charge on any atom is -0.489 e. The highest BCUT2D eigenvalue weighted by molar-refractivity contribution is 7.89. The first-order chi connectivity index (χ1) is 16.5. The summed E-state index contributed by atoms with van der Waals surface area (Å²) in [6.45, 7) is 1.90. The Balaban J connectivity index is 1.28. The normalized spacial score (nSPS) is 14.4. The molecule has 3 aromatic carbocycles. The molecule has 0 spiro atoms. The van der Waals surface area contributed by atoms with Crippen LogP contribution in [-0.2, 0) is 26.2 Å². The summed E-state index contributed by atoms with van der Waals surface area (Å²) in [7, 11) is -3.60. The number of morpholine rings is 1. The lowest BCUT2D eigenvalue weighted by Gasteiger charge is -2.26. The van der Waals surface area contributed by atoms with Gasteiger partial charge in [-0.15, -0.1) is 0 Å². The van der Waals surface area contributed by atoms with E-state index < -0.39 is 10.0 Å².